The lowest BCUT2D eigenvalue weighted by atomic mass is 10.1. The number of carbonyl (C=O) groups excluding carboxylic acids is 3. The number of amides is 3. The van der Waals surface area contributed by atoms with Crippen LogP contribution in [0.25, 0.3) is 0 Å². The number of methoxy groups -OCH3 is 2. The molecular weight excluding hydrogens is 350 g/mol. The normalized spacial score (nSPS) is 11.1. The Morgan fingerprint density at radius 1 is 1.19 bits per heavy atom. The number of nitrogens with one attached hydrogen (secondary N) is 2. The number of esters is 1. The van der Waals surface area contributed by atoms with E-state index >= 15 is 0 Å². The van der Waals surface area contributed by atoms with Crippen molar-refractivity contribution >= 4 is 23.6 Å². The van der Waals surface area contributed by atoms with Crippen molar-refractivity contribution in [1.29, 1.82) is 0 Å². The number of nitro benzene ring substituents is 1. The summed E-state index contributed by atoms with van der Waals surface area (Å²) in [5, 5.41) is 15.5. The molecular formula is C15H19N3O8. The monoisotopic (exact) mass is 369 g/mol. The van der Waals surface area contributed by atoms with Crippen molar-refractivity contribution in [1.82, 2.24) is 10.6 Å². The molecule has 1 aromatic rings. The maximum atomic E-state index is 12.3. The van der Waals surface area contributed by atoms with Crippen LogP contribution in [0.5, 0.6) is 11.5 Å². The molecule has 1 rings (SSSR count). The molecule has 142 valence electrons. The summed E-state index contributed by atoms with van der Waals surface area (Å²) >= 11 is 0. The Morgan fingerprint density at radius 3 is 2.27 bits per heavy atom. The van der Waals surface area contributed by atoms with Gasteiger partial charge in [0.05, 0.1) is 25.2 Å². The number of nitro groups is 1. The molecule has 11 heteroatoms. The predicted molar refractivity (Wildman–Crippen MR) is 88.3 cm³/mol. The van der Waals surface area contributed by atoms with Crippen molar-refractivity contribution in [2.45, 2.75) is 20.0 Å². The molecule has 0 saturated carbocycles. The van der Waals surface area contributed by atoms with Gasteiger partial charge in [-0.1, -0.05) is 0 Å². The Balaban J connectivity index is 3.03. The van der Waals surface area contributed by atoms with Gasteiger partial charge in [0.25, 0.3) is 11.6 Å². The van der Waals surface area contributed by atoms with Crippen LogP contribution in [0.2, 0.25) is 0 Å². The fourth-order valence-electron chi connectivity index (χ4n) is 1.88. The third kappa shape index (κ3) is 5.06. The summed E-state index contributed by atoms with van der Waals surface area (Å²) in [7, 11) is 2.58. The first-order valence-electron chi connectivity index (χ1n) is 7.45. The summed E-state index contributed by atoms with van der Waals surface area (Å²) in [4.78, 5) is 45.8. The SMILES string of the molecule is CCNC(=O)NC(=O)C(C)OC(=O)c1cc(OC)c(OC)cc1[N+](=O)[O-]. The van der Waals surface area contributed by atoms with Crippen molar-refractivity contribution in [3.05, 3.63) is 27.8 Å². The number of nitrogens with zero attached hydrogens (tertiary/aromatic N) is 1. The molecule has 0 radical (unpaired) electrons. The molecule has 0 aliphatic carbocycles. The minimum Gasteiger partial charge on any atom is -0.493 e. The van der Waals surface area contributed by atoms with Crippen LogP contribution in [0.1, 0.15) is 24.2 Å². The number of hydrogen-bond acceptors (Lipinski definition) is 8. The van der Waals surface area contributed by atoms with Crippen LogP contribution in [0.4, 0.5) is 10.5 Å². The number of imide groups is 1. The largest absolute Gasteiger partial charge is 0.493 e. The Kier molecular flexibility index (Phi) is 7.32. The first-order chi connectivity index (χ1) is 12.2. The second-order valence-electron chi connectivity index (χ2n) is 4.88. The average molecular weight is 369 g/mol. The van der Waals surface area contributed by atoms with Crippen LogP contribution in [-0.2, 0) is 9.53 Å². The van der Waals surface area contributed by atoms with Gasteiger partial charge in [0.15, 0.2) is 17.6 Å². The van der Waals surface area contributed by atoms with Crippen LogP contribution in [-0.4, -0.2) is 49.7 Å². The van der Waals surface area contributed by atoms with Crippen molar-refractivity contribution in [2.75, 3.05) is 20.8 Å². The zero-order valence-corrected chi connectivity index (χ0v) is 14.7. The minimum atomic E-state index is -1.36. The summed E-state index contributed by atoms with van der Waals surface area (Å²) in [6.07, 6.45) is -1.36. The highest BCUT2D eigenvalue weighted by Crippen LogP contribution is 2.34. The third-order valence-corrected chi connectivity index (χ3v) is 3.15. The van der Waals surface area contributed by atoms with E-state index in [0.717, 1.165) is 12.1 Å². The summed E-state index contributed by atoms with van der Waals surface area (Å²) in [6.45, 7) is 3.17. The van der Waals surface area contributed by atoms with E-state index in [0.29, 0.717) is 6.54 Å². The van der Waals surface area contributed by atoms with Gasteiger partial charge in [-0.2, -0.15) is 0 Å². The highest BCUT2D eigenvalue weighted by molar-refractivity contribution is 6.00. The Hall–Kier alpha value is -3.37. The maximum Gasteiger partial charge on any atom is 0.346 e. The van der Waals surface area contributed by atoms with Gasteiger partial charge in [0.2, 0.25) is 0 Å². The molecule has 0 aliphatic rings. The molecule has 0 heterocycles. The molecule has 3 amide bonds. The van der Waals surface area contributed by atoms with Crippen LogP contribution in [0, 0.1) is 10.1 Å². The number of benzene rings is 1. The van der Waals surface area contributed by atoms with E-state index in [1.165, 1.54) is 21.1 Å². The molecule has 11 nitrogen and oxygen atoms in total. The Morgan fingerprint density at radius 2 is 1.77 bits per heavy atom. The van der Waals surface area contributed by atoms with Crippen molar-refractivity contribution in [3.63, 3.8) is 0 Å². The van der Waals surface area contributed by atoms with E-state index in [9.17, 15) is 24.5 Å². The van der Waals surface area contributed by atoms with E-state index in [1.54, 1.807) is 6.92 Å². The Labute approximate surface area is 148 Å². The van der Waals surface area contributed by atoms with Gasteiger partial charge in [-0.05, 0) is 13.8 Å². The molecule has 2 N–H and O–H groups in total. The smallest absolute Gasteiger partial charge is 0.346 e. The van der Waals surface area contributed by atoms with Crippen LogP contribution < -0.4 is 20.1 Å². The number of rotatable bonds is 7. The number of hydrogen-bond donors (Lipinski definition) is 2. The fourth-order valence-corrected chi connectivity index (χ4v) is 1.88. The van der Waals surface area contributed by atoms with Gasteiger partial charge in [-0.3, -0.25) is 20.2 Å². The second kappa shape index (κ2) is 9.20. The van der Waals surface area contributed by atoms with Crippen molar-refractivity contribution in [2.24, 2.45) is 0 Å². The molecule has 0 aromatic heterocycles. The fraction of sp³-hybridized carbons (Fsp3) is 0.400. The molecule has 0 fully saturated rings. The standard InChI is InChI=1S/C15H19N3O8/c1-5-16-15(21)17-13(19)8(2)26-14(20)9-6-11(24-3)12(25-4)7-10(9)18(22)23/h6-8H,5H2,1-4H3,(H2,16,17,19,21). The maximum absolute atomic E-state index is 12.3. The quantitative estimate of drug-likeness (QED) is 0.411. The summed E-state index contributed by atoms with van der Waals surface area (Å²) in [6, 6.07) is 1.33. The van der Waals surface area contributed by atoms with Crippen molar-refractivity contribution in [3.8, 4) is 11.5 Å². The van der Waals surface area contributed by atoms with Gasteiger partial charge in [-0.15, -0.1) is 0 Å². The topological polar surface area (TPSA) is 146 Å². The Bertz CT molecular complexity index is 719. The molecule has 1 atom stereocenters. The average Bonchev–Trinajstić information content (AvgIpc) is 2.60. The lowest BCUT2D eigenvalue weighted by Gasteiger charge is -2.14. The number of ether oxygens (including phenoxy) is 3. The number of urea groups is 1. The van der Waals surface area contributed by atoms with Gasteiger partial charge in [0, 0.05) is 12.6 Å². The summed E-state index contributed by atoms with van der Waals surface area (Å²) in [5.74, 6) is -1.88. The van der Waals surface area contributed by atoms with Crippen molar-refractivity contribution < 1.29 is 33.5 Å². The molecule has 1 unspecified atom stereocenters. The van der Waals surface area contributed by atoms with Gasteiger partial charge in [-0.25, -0.2) is 9.59 Å². The van der Waals surface area contributed by atoms with Gasteiger partial charge in [0.1, 0.15) is 5.56 Å². The molecule has 0 aliphatic heterocycles. The zero-order chi connectivity index (χ0) is 19.9. The van der Waals surface area contributed by atoms with Crippen LogP contribution >= 0.6 is 0 Å². The van der Waals surface area contributed by atoms with E-state index in [1.807, 2.05) is 5.32 Å². The highest BCUT2D eigenvalue weighted by atomic mass is 16.6. The van der Waals surface area contributed by atoms with E-state index in [4.69, 9.17) is 14.2 Å². The summed E-state index contributed by atoms with van der Waals surface area (Å²) in [5.41, 5.74) is -1.01. The molecule has 1 aromatic carbocycles. The van der Waals surface area contributed by atoms with Gasteiger partial charge < -0.3 is 19.5 Å². The lowest BCUT2D eigenvalue weighted by molar-refractivity contribution is -0.385. The van der Waals surface area contributed by atoms with E-state index in [-0.39, 0.29) is 11.5 Å². The first kappa shape index (κ1) is 20.7. The molecule has 0 saturated heterocycles. The highest BCUT2D eigenvalue weighted by Gasteiger charge is 2.28. The molecule has 0 spiro atoms. The number of carbonyl (C=O) groups is 3. The molecule has 0 bridgehead atoms. The zero-order valence-electron chi connectivity index (χ0n) is 14.7. The van der Waals surface area contributed by atoms with Crippen LogP contribution in [0.3, 0.4) is 0 Å². The lowest BCUT2D eigenvalue weighted by Crippen LogP contribution is -2.44. The van der Waals surface area contributed by atoms with Gasteiger partial charge >= 0.3 is 12.0 Å². The van der Waals surface area contributed by atoms with Crippen LogP contribution in [0.15, 0.2) is 12.1 Å². The van der Waals surface area contributed by atoms with E-state index < -0.39 is 40.2 Å². The third-order valence-electron chi connectivity index (χ3n) is 3.15. The minimum absolute atomic E-state index is 0.0535. The summed E-state index contributed by atoms with van der Waals surface area (Å²) < 4.78 is 14.9. The predicted octanol–water partition coefficient (Wildman–Crippen LogP) is 1.00. The molecule has 26 heavy (non-hydrogen) atoms. The second-order valence-corrected chi connectivity index (χ2v) is 4.88. The van der Waals surface area contributed by atoms with E-state index in [2.05, 4.69) is 5.32 Å². The first-order valence-corrected chi connectivity index (χ1v) is 7.45.